The topological polar surface area (TPSA) is 58.2 Å². The zero-order valence-corrected chi connectivity index (χ0v) is 12.4. The van der Waals surface area contributed by atoms with E-state index in [1.165, 1.54) is 6.07 Å². The average molecular weight is 321 g/mol. The third kappa shape index (κ3) is 4.98. The third-order valence-corrected chi connectivity index (χ3v) is 3.07. The second-order valence-electron chi connectivity index (χ2n) is 4.10. The quantitative estimate of drug-likeness (QED) is 0.792. The number of benzene rings is 1. The summed E-state index contributed by atoms with van der Waals surface area (Å²) >= 11 is 11.4. The smallest absolute Gasteiger partial charge is 0.252 e. The number of hydrogen-bond acceptors (Lipinski definition) is 2. The van der Waals surface area contributed by atoms with Crippen molar-refractivity contribution in [3.05, 3.63) is 33.6 Å². The van der Waals surface area contributed by atoms with Crippen molar-refractivity contribution < 1.29 is 14.0 Å². The molecule has 4 nitrogen and oxygen atoms in total. The van der Waals surface area contributed by atoms with E-state index in [4.69, 9.17) is 23.2 Å². The number of nitrogens with one attached hydrogen (secondary N) is 2. The Bertz CT molecular complexity index is 509. The lowest BCUT2D eigenvalue weighted by Gasteiger charge is -2.08. The molecule has 0 radical (unpaired) electrons. The molecule has 110 valence electrons. The first kappa shape index (κ1) is 16.7. The Morgan fingerprint density at radius 3 is 2.50 bits per heavy atom. The van der Waals surface area contributed by atoms with Gasteiger partial charge in [-0.3, -0.25) is 9.59 Å². The summed E-state index contributed by atoms with van der Waals surface area (Å²) in [5.41, 5.74) is -0.0115. The van der Waals surface area contributed by atoms with Crippen LogP contribution in [0.3, 0.4) is 0 Å². The second kappa shape index (κ2) is 8.07. The van der Waals surface area contributed by atoms with E-state index in [9.17, 15) is 14.0 Å². The summed E-state index contributed by atoms with van der Waals surface area (Å²) in [7, 11) is 0. The number of carbonyl (C=O) groups excluding carboxylic acids is 2. The van der Waals surface area contributed by atoms with Crippen molar-refractivity contribution >= 4 is 35.0 Å². The highest BCUT2D eigenvalue weighted by atomic mass is 35.5. The summed E-state index contributed by atoms with van der Waals surface area (Å²) < 4.78 is 13.3. The SMILES string of the molecule is CCCNC(=O)CCNC(=O)c1cc(F)c(Cl)cc1Cl. The molecule has 1 aromatic rings. The van der Waals surface area contributed by atoms with E-state index in [1.54, 1.807) is 0 Å². The molecular formula is C13H15Cl2FN2O2. The summed E-state index contributed by atoms with van der Waals surface area (Å²) in [5, 5.41) is 5.09. The van der Waals surface area contributed by atoms with Crippen molar-refractivity contribution in [2.75, 3.05) is 13.1 Å². The first-order valence-electron chi connectivity index (χ1n) is 6.15. The van der Waals surface area contributed by atoms with E-state index >= 15 is 0 Å². The summed E-state index contributed by atoms with van der Waals surface area (Å²) in [6.45, 7) is 2.69. The fourth-order valence-electron chi connectivity index (χ4n) is 1.43. The molecule has 0 aliphatic heterocycles. The van der Waals surface area contributed by atoms with E-state index < -0.39 is 11.7 Å². The summed E-state index contributed by atoms with van der Waals surface area (Å²) in [6.07, 6.45) is 0.997. The van der Waals surface area contributed by atoms with Crippen LogP contribution in [0, 0.1) is 5.82 Å². The molecule has 0 spiro atoms. The summed E-state index contributed by atoms with van der Waals surface area (Å²) in [6, 6.07) is 2.14. The molecule has 0 saturated carbocycles. The molecule has 2 N–H and O–H groups in total. The Morgan fingerprint density at radius 2 is 1.85 bits per heavy atom. The fourth-order valence-corrected chi connectivity index (χ4v) is 1.90. The van der Waals surface area contributed by atoms with Crippen LogP contribution < -0.4 is 10.6 Å². The molecule has 1 rings (SSSR count). The molecule has 1 aromatic carbocycles. The molecule has 0 aliphatic carbocycles. The van der Waals surface area contributed by atoms with Crippen LogP contribution in [0.5, 0.6) is 0 Å². The number of carbonyl (C=O) groups is 2. The fraction of sp³-hybridized carbons (Fsp3) is 0.385. The number of rotatable bonds is 6. The Labute approximate surface area is 126 Å². The maximum absolute atomic E-state index is 13.3. The zero-order valence-electron chi connectivity index (χ0n) is 10.9. The van der Waals surface area contributed by atoms with Gasteiger partial charge in [-0.2, -0.15) is 0 Å². The first-order valence-corrected chi connectivity index (χ1v) is 6.90. The molecule has 0 unspecified atom stereocenters. The molecule has 0 saturated heterocycles. The van der Waals surface area contributed by atoms with Crippen molar-refractivity contribution in [3.63, 3.8) is 0 Å². The van der Waals surface area contributed by atoms with Crippen LogP contribution in [-0.4, -0.2) is 24.9 Å². The van der Waals surface area contributed by atoms with Crippen molar-refractivity contribution in [2.45, 2.75) is 19.8 Å². The van der Waals surface area contributed by atoms with Gasteiger partial charge in [0.2, 0.25) is 5.91 Å². The molecule has 0 bridgehead atoms. The maximum atomic E-state index is 13.3. The lowest BCUT2D eigenvalue weighted by molar-refractivity contribution is -0.120. The van der Waals surface area contributed by atoms with Crippen LogP contribution in [0.2, 0.25) is 10.0 Å². The highest BCUT2D eigenvalue weighted by Gasteiger charge is 2.14. The van der Waals surface area contributed by atoms with Gasteiger partial charge in [-0.15, -0.1) is 0 Å². The average Bonchev–Trinajstić information content (AvgIpc) is 2.40. The lowest BCUT2D eigenvalue weighted by atomic mass is 10.2. The second-order valence-corrected chi connectivity index (χ2v) is 4.92. The van der Waals surface area contributed by atoms with E-state index in [1.807, 2.05) is 6.92 Å². The van der Waals surface area contributed by atoms with Gasteiger partial charge in [0.1, 0.15) is 5.82 Å². The van der Waals surface area contributed by atoms with Crippen LogP contribution in [-0.2, 0) is 4.79 Å². The van der Waals surface area contributed by atoms with Gasteiger partial charge in [0.25, 0.3) is 5.91 Å². The largest absolute Gasteiger partial charge is 0.356 e. The predicted octanol–water partition coefficient (Wildman–Crippen LogP) is 2.78. The van der Waals surface area contributed by atoms with Crippen LogP contribution in [0.15, 0.2) is 12.1 Å². The van der Waals surface area contributed by atoms with Crippen LogP contribution in [0.4, 0.5) is 4.39 Å². The van der Waals surface area contributed by atoms with Gasteiger partial charge in [0.05, 0.1) is 15.6 Å². The van der Waals surface area contributed by atoms with Gasteiger partial charge in [-0.1, -0.05) is 30.1 Å². The van der Waals surface area contributed by atoms with E-state index in [2.05, 4.69) is 10.6 Å². The molecule has 0 atom stereocenters. The molecule has 0 aromatic heterocycles. The molecule has 2 amide bonds. The Hall–Kier alpha value is -1.33. The Morgan fingerprint density at radius 1 is 1.15 bits per heavy atom. The van der Waals surface area contributed by atoms with E-state index in [-0.39, 0.29) is 34.5 Å². The highest BCUT2D eigenvalue weighted by Crippen LogP contribution is 2.24. The van der Waals surface area contributed by atoms with Gasteiger partial charge >= 0.3 is 0 Å². The van der Waals surface area contributed by atoms with Gasteiger partial charge < -0.3 is 10.6 Å². The number of amides is 2. The minimum Gasteiger partial charge on any atom is -0.356 e. The van der Waals surface area contributed by atoms with Gasteiger partial charge in [-0.05, 0) is 18.6 Å². The van der Waals surface area contributed by atoms with E-state index in [0.29, 0.717) is 6.54 Å². The van der Waals surface area contributed by atoms with Gasteiger partial charge in [-0.25, -0.2) is 4.39 Å². The van der Waals surface area contributed by atoms with Gasteiger partial charge in [0, 0.05) is 19.5 Å². The minimum atomic E-state index is -0.720. The molecule has 0 fully saturated rings. The molecule has 0 aliphatic rings. The zero-order chi connectivity index (χ0) is 15.1. The first-order chi connectivity index (χ1) is 9.45. The van der Waals surface area contributed by atoms with Crippen LogP contribution in [0.25, 0.3) is 0 Å². The van der Waals surface area contributed by atoms with Crippen molar-refractivity contribution in [1.29, 1.82) is 0 Å². The van der Waals surface area contributed by atoms with Crippen molar-refractivity contribution in [1.82, 2.24) is 10.6 Å². The van der Waals surface area contributed by atoms with Gasteiger partial charge in [0.15, 0.2) is 0 Å². The number of halogens is 3. The minimum absolute atomic E-state index is 0.0115. The molecule has 0 heterocycles. The summed E-state index contributed by atoms with van der Waals surface area (Å²) in [4.78, 5) is 23.1. The monoisotopic (exact) mass is 320 g/mol. The van der Waals surface area contributed by atoms with Crippen LogP contribution in [0.1, 0.15) is 30.1 Å². The predicted molar refractivity (Wildman–Crippen MR) is 76.7 cm³/mol. The molecule has 20 heavy (non-hydrogen) atoms. The standard InChI is InChI=1S/C13H15Cl2FN2O2/c1-2-4-17-12(19)3-5-18-13(20)8-6-11(16)10(15)7-9(8)14/h6-7H,2-5H2,1H3,(H,17,19)(H,18,20). The third-order valence-electron chi connectivity index (χ3n) is 2.46. The molecular weight excluding hydrogens is 306 g/mol. The maximum Gasteiger partial charge on any atom is 0.252 e. The molecule has 7 heteroatoms. The van der Waals surface area contributed by atoms with E-state index in [0.717, 1.165) is 12.5 Å². The lowest BCUT2D eigenvalue weighted by Crippen LogP contribution is -2.31. The Kier molecular flexibility index (Phi) is 6.75. The number of hydrogen-bond donors (Lipinski definition) is 2. The Balaban J connectivity index is 2.51. The van der Waals surface area contributed by atoms with Crippen molar-refractivity contribution in [3.8, 4) is 0 Å². The van der Waals surface area contributed by atoms with Crippen LogP contribution >= 0.6 is 23.2 Å². The summed E-state index contributed by atoms with van der Waals surface area (Å²) in [5.74, 6) is -1.42. The van der Waals surface area contributed by atoms with Crippen molar-refractivity contribution in [2.24, 2.45) is 0 Å². The highest BCUT2D eigenvalue weighted by molar-refractivity contribution is 6.36. The normalized spacial score (nSPS) is 10.2.